The fourth-order valence-electron chi connectivity index (χ4n) is 1.78. The molecule has 0 unspecified atom stereocenters. The van der Waals surface area contributed by atoms with Crippen LogP contribution >= 0.6 is 0 Å². The lowest BCUT2D eigenvalue weighted by molar-refractivity contribution is 0.0697. The second kappa shape index (κ2) is 5.34. The molecule has 0 aromatic carbocycles. The fourth-order valence-corrected chi connectivity index (χ4v) is 1.78. The number of nitrogens with two attached hydrogens (primary N) is 1. The second-order valence-corrected chi connectivity index (χ2v) is 4.16. The Labute approximate surface area is 110 Å². The van der Waals surface area contributed by atoms with Crippen LogP contribution in [0, 0.1) is 0 Å². The van der Waals surface area contributed by atoms with E-state index < -0.39 is 5.97 Å². The quantitative estimate of drug-likeness (QED) is 0.861. The number of anilines is 2. The number of rotatable bonds is 4. The number of carboxylic acid groups (broad SMARTS) is 1. The standard InChI is InChI=1S/C13H14N4O2/c1-17(8-9-3-2-4-15-6-9)12-11(13(18)19)5-10(14)7-16-12/h2-7H,8,14H2,1H3,(H,18,19). The highest BCUT2D eigenvalue weighted by molar-refractivity contribution is 5.94. The molecule has 0 saturated heterocycles. The minimum absolute atomic E-state index is 0.0893. The number of nitrogen functional groups attached to an aromatic ring is 1. The lowest BCUT2D eigenvalue weighted by Crippen LogP contribution is -2.21. The average molecular weight is 258 g/mol. The van der Waals surface area contributed by atoms with E-state index in [1.165, 1.54) is 12.3 Å². The summed E-state index contributed by atoms with van der Waals surface area (Å²) in [5.74, 6) is -0.668. The maximum absolute atomic E-state index is 11.2. The van der Waals surface area contributed by atoms with Crippen molar-refractivity contribution in [1.82, 2.24) is 9.97 Å². The average Bonchev–Trinajstić information content (AvgIpc) is 2.39. The van der Waals surface area contributed by atoms with Crippen molar-refractivity contribution < 1.29 is 9.90 Å². The lowest BCUT2D eigenvalue weighted by atomic mass is 10.2. The summed E-state index contributed by atoms with van der Waals surface area (Å²) in [6.07, 6.45) is 4.86. The summed E-state index contributed by atoms with van der Waals surface area (Å²) in [5, 5.41) is 9.17. The molecule has 0 aliphatic heterocycles. The molecule has 6 nitrogen and oxygen atoms in total. The zero-order chi connectivity index (χ0) is 13.8. The van der Waals surface area contributed by atoms with Crippen LogP contribution in [0.3, 0.4) is 0 Å². The van der Waals surface area contributed by atoms with Crippen LogP contribution in [-0.2, 0) is 6.54 Å². The van der Waals surface area contributed by atoms with E-state index in [0.717, 1.165) is 5.56 Å². The zero-order valence-electron chi connectivity index (χ0n) is 10.4. The Kier molecular flexibility index (Phi) is 3.61. The summed E-state index contributed by atoms with van der Waals surface area (Å²) in [6.45, 7) is 0.519. The molecule has 0 aliphatic carbocycles. The van der Waals surface area contributed by atoms with E-state index in [0.29, 0.717) is 18.1 Å². The predicted molar refractivity (Wildman–Crippen MR) is 72.0 cm³/mol. The number of pyridine rings is 2. The van der Waals surface area contributed by atoms with E-state index >= 15 is 0 Å². The van der Waals surface area contributed by atoms with Gasteiger partial charge in [0.15, 0.2) is 0 Å². The van der Waals surface area contributed by atoms with E-state index in [1.807, 2.05) is 12.1 Å². The Balaban J connectivity index is 2.28. The first kappa shape index (κ1) is 12.8. The highest BCUT2D eigenvalue weighted by Crippen LogP contribution is 2.20. The molecule has 0 fully saturated rings. The third-order valence-electron chi connectivity index (χ3n) is 2.62. The van der Waals surface area contributed by atoms with Gasteiger partial charge in [-0.2, -0.15) is 0 Å². The lowest BCUT2D eigenvalue weighted by Gasteiger charge is -2.20. The van der Waals surface area contributed by atoms with Crippen LogP contribution in [0.4, 0.5) is 11.5 Å². The highest BCUT2D eigenvalue weighted by Gasteiger charge is 2.15. The van der Waals surface area contributed by atoms with Gasteiger partial charge in [0.05, 0.1) is 11.9 Å². The maximum atomic E-state index is 11.2. The number of aromatic nitrogens is 2. The van der Waals surface area contributed by atoms with Gasteiger partial charge < -0.3 is 15.7 Å². The van der Waals surface area contributed by atoms with E-state index in [4.69, 9.17) is 5.73 Å². The third-order valence-corrected chi connectivity index (χ3v) is 2.62. The van der Waals surface area contributed by atoms with Crippen molar-refractivity contribution in [3.63, 3.8) is 0 Å². The summed E-state index contributed by atoms with van der Waals surface area (Å²) < 4.78 is 0. The number of carboxylic acids is 1. The Morgan fingerprint density at radius 3 is 2.89 bits per heavy atom. The van der Waals surface area contributed by atoms with Gasteiger partial charge in [-0.3, -0.25) is 4.98 Å². The first-order valence-electron chi connectivity index (χ1n) is 5.67. The van der Waals surface area contributed by atoms with Crippen LogP contribution in [0.5, 0.6) is 0 Å². The molecule has 0 aliphatic rings. The van der Waals surface area contributed by atoms with Crippen molar-refractivity contribution in [2.45, 2.75) is 6.54 Å². The monoisotopic (exact) mass is 258 g/mol. The van der Waals surface area contributed by atoms with E-state index in [9.17, 15) is 9.90 Å². The molecule has 3 N–H and O–H groups in total. The number of nitrogens with zero attached hydrogens (tertiary/aromatic N) is 3. The summed E-state index contributed by atoms with van der Waals surface area (Å²) in [7, 11) is 1.78. The Morgan fingerprint density at radius 1 is 1.47 bits per heavy atom. The normalized spacial score (nSPS) is 10.2. The third kappa shape index (κ3) is 2.98. The summed E-state index contributed by atoms with van der Waals surface area (Å²) in [4.78, 5) is 21.1. The minimum Gasteiger partial charge on any atom is -0.478 e. The van der Waals surface area contributed by atoms with Crippen LogP contribution < -0.4 is 10.6 Å². The Bertz CT molecular complexity index is 586. The molecule has 2 aromatic heterocycles. The van der Waals surface area contributed by atoms with Crippen LogP contribution in [0.1, 0.15) is 15.9 Å². The Hall–Kier alpha value is -2.63. The van der Waals surface area contributed by atoms with Crippen molar-refractivity contribution in [2.24, 2.45) is 0 Å². The van der Waals surface area contributed by atoms with Crippen molar-refractivity contribution in [2.75, 3.05) is 17.7 Å². The predicted octanol–water partition coefficient (Wildman–Crippen LogP) is 1.39. The minimum atomic E-state index is -1.05. The van der Waals surface area contributed by atoms with Gasteiger partial charge in [-0.25, -0.2) is 9.78 Å². The van der Waals surface area contributed by atoms with Crippen molar-refractivity contribution in [1.29, 1.82) is 0 Å². The van der Waals surface area contributed by atoms with Crippen LogP contribution in [0.25, 0.3) is 0 Å². The molecule has 0 saturated carbocycles. The molecule has 2 aromatic rings. The molecule has 2 rings (SSSR count). The molecule has 98 valence electrons. The van der Waals surface area contributed by atoms with Gasteiger partial charge in [0, 0.05) is 26.0 Å². The molecule has 0 bridgehead atoms. The maximum Gasteiger partial charge on any atom is 0.339 e. The number of carbonyl (C=O) groups is 1. The molecular formula is C13H14N4O2. The molecule has 19 heavy (non-hydrogen) atoms. The first-order valence-corrected chi connectivity index (χ1v) is 5.67. The van der Waals surface area contributed by atoms with Crippen LogP contribution in [-0.4, -0.2) is 28.1 Å². The summed E-state index contributed by atoms with van der Waals surface area (Å²) in [5.41, 5.74) is 6.95. The van der Waals surface area contributed by atoms with Gasteiger partial charge in [0.1, 0.15) is 11.4 Å². The molecule has 6 heteroatoms. The summed E-state index contributed by atoms with van der Waals surface area (Å²) in [6, 6.07) is 5.16. The summed E-state index contributed by atoms with van der Waals surface area (Å²) >= 11 is 0. The van der Waals surface area contributed by atoms with Crippen molar-refractivity contribution in [3.05, 3.63) is 47.9 Å². The zero-order valence-corrected chi connectivity index (χ0v) is 10.4. The SMILES string of the molecule is CN(Cc1cccnc1)c1ncc(N)cc1C(=O)O. The van der Waals surface area contributed by atoms with Crippen molar-refractivity contribution in [3.8, 4) is 0 Å². The molecule has 0 spiro atoms. The molecular weight excluding hydrogens is 244 g/mol. The van der Waals surface area contributed by atoms with Gasteiger partial charge in [0.25, 0.3) is 0 Å². The van der Waals surface area contributed by atoms with Gasteiger partial charge in [-0.05, 0) is 17.7 Å². The highest BCUT2D eigenvalue weighted by atomic mass is 16.4. The van der Waals surface area contributed by atoms with E-state index in [-0.39, 0.29) is 5.56 Å². The van der Waals surface area contributed by atoms with Gasteiger partial charge in [0.2, 0.25) is 0 Å². The molecule has 2 heterocycles. The number of aromatic carboxylic acids is 1. The van der Waals surface area contributed by atoms with Crippen molar-refractivity contribution >= 4 is 17.5 Å². The van der Waals surface area contributed by atoms with Crippen LogP contribution in [0.2, 0.25) is 0 Å². The van der Waals surface area contributed by atoms with E-state index in [2.05, 4.69) is 9.97 Å². The largest absolute Gasteiger partial charge is 0.478 e. The smallest absolute Gasteiger partial charge is 0.339 e. The number of hydrogen-bond donors (Lipinski definition) is 2. The van der Waals surface area contributed by atoms with Crippen LogP contribution in [0.15, 0.2) is 36.8 Å². The molecule has 0 atom stereocenters. The molecule has 0 radical (unpaired) electrons. The van der Waals surface area contributed by atoms with E-state index in [1.54, 1.807) is 24.3 Å². The first-order chi connectivity index (χ1) is 9.08. The van der Waals surface area contributed by atoms with Gasteiger partial charge in [-0.1, -0.05) is 6.07 Å². The fraction of sp³-hybridized carbons (Fsp3) is 0.154. The van der Waals surface area contributed by atoms with Gasteiger partial charge >= 0.3 is 5.97 Å². The second-order valence-electron chi connectivity index (χ2n) is 4.16. The topological polar surface area (TPSA) is 92.3 Å². The van der Waals surface area contributed by atoms with Gasteiger partial charge in [-0.15, -0.1) is 0 Å². The molecule has 0 amide bonds. The number of hydrogen-bond acceptors (Lipinski definition) is 5. The Morgan fingerprint density at radius 2 is 2.26 bits per heavy atom.